The summed E-state index contributed by atoms with van der Waals surface area (Å²) in [7, 11) is 7.80. The Kier molecular flexibility index (Phi) is 11.8. The molecular formula is C42H48N6O4. The number of nitrogens with one attached hydrogen (secondary N) is 2. The summed E-state index contributed by atoms with van der Waals surface area (Å²) in [5.41, 5.74) is 13.8. The zero-order valence-electron chi connectivity index (χ0n) is 31.5. The Labute approximate surface area is 305 Å². The molecule has 8 bridgehead atoms. The first kappa shape index (κ1) is 37.7. The number of carbonyl (C=O) groups excluding carboxylic acids is 2. The summed E-state index contributed by atoms with van der Waals surface area (Å²) < 4.78 is 11.8. The Balaban J connectivity index is 1.83. The van der Waals surface area contributed by atoms with Gasteiger partial charge >= 0.3 is 0 Å². The number of fused-ring (bicyclic) bond motifs is 8. The number of aryl methyl sites for hydroxylation is 2. The lowest BCUT2D eigenvalue weighted by Crippen LogP contribution is -2.18. The van der Waals surface area contributed by atoms with Crippen LogP contribution in [0.25, 0.3) is 50.4 Å². The molecule has 0 spiro atoms. The third kappa shape index (κ3) is 8.01. The zero-order valence-corrected chi connectivity index (χ0v) is 31.5. The molecule has 0 amide bonds. The third-order valence-corrected chi connectivity index (χ3v) is 9.58. The number of rotatable bonds is 14. The predicted octanol–water partition coefficient (Wildman–Crippen LogP) is 7.14. The minimum atomic E-state index is 0.203. The van der Waals surface area contributed by atoms with E-state index >= 15 is 0 Å². The molecule has 10 heteroatoms. The zero-order chi connectivity index (χ0) is 37.7. The maximum Gasteiger partial charge on any atom is 0.184 e. The molecule has 270 valence electrons. The van der Waals surface area contributed by atoms with Crippen LogP contribution in [0, 0.1) is 13.8 Å². The quantitative estimate of drug-likeness (QED) is 0.135. The summed E-state index contributed by atoms with van der Waals surface area (Å²) in [6.45, 7) is 18.3. The third-order valence-electron chi connectivity index (χ3n) is 9.58. The molecular weight excluding hydrogens is 652 g/mol. The summed E-state index contributed by atoms with van der Waals surface area (Å²) in [4.78, 5) is 45.7. The van der Waals surface area contributed by atoms with Crippen molar-refractivity contribution >= 4 is 62.3 Å². The highest BCUT2D eigenvalue weighted by Crippen LogP contribution is 2.37. The summed E-state index contributed by atoms with van der Waals surface area (Å²) >= 11 is 0. The highest BCUT2D eigenvalue weighted by atomic mass is 16.5. The Morgan fingerprint density at radius 3 is 1.81 bits per heavy atom. The van der Waals surface area contributed by atoms with Gasteiger partial charge in [-0.25, -0.2) is 19.6 Å². The number of ether oxygens (including phenoxy) is 2. The standard InChI is InChI=1S/C42H48N6O4/c1-11-31-25(3)35-19-36-27(5)33(17-29(23-49)51-15-13-47(7)8)41(45-36)22-42-34(18-30(24-50)52-16-14-48(9)10)28(6)38(46-42)21-40-32(12-2)26(4)37(44-40)20-39(31)43-35/h11-12,19-22,43,46H,1-2,13-18H2,3-10H3. The molecule has 0 unspecified atom stereocenters. The van der Waals surface area contributed by atoms with Crippen LogP contribution in [0.4, 0.5) is 0 Å². The average molecular weight is 701 g/mol. The summed E-state index contributed by atoms with van der Waals surface area (Å²) in [5, 5.41) is 0. The van der Waals surface area contributed by atoms with Crippen LogP contribution in [0.2, 0.25) is 0 Å². The average Bonchev–Trinajstić information content (AvgIpc) is 3.76. The lowest BCUT2D eigenvalue weighted by molar-refractivity contribution is 0.181. The van der Waals surface area contributed by atoms with Crippen molar-refractivity contribution in [2.45, 2.75) is 40.5 Å². The van der Waals surface area contributed by atoms with Gasteiger partial charge in [0, 0.05) is 59.1 Å². The van der Waals surface area contributed by atoms with E-state index in [2.05, 4.69) is 30.0 Å². The van der Waals surface area contributed by atoms with Crippen LogP contribution in [-0.4, -0.2) is 96.1 Å². The minimum Gasteiger partial charge on any atom is -0.485 e. The first-order valence-electron chi connectivity index (χ1n) is 17.3. The van der Waals surface area contributed by atoms with E-state index in [1.807, 2.05) is 107 Å². The van der Waals surface area contributed by atoms with Crippen LogP contribution >= 0.6 is 0 Å². The van der Waals surface area contributed by atoms with E-state index in [4.69, 9.17) is 19.4 Å². The lowest BCUT2D eigenvalue weighted by Gasteiger charge is -2.12. The van der Waals surface area contributed by atoms with Gasteiger partial charge < -0.3 is 29.2 Å². The normalized spacial score (nSPS) is 12.7. The van der Waals surface area contributed by atoms with Crippen LogP contribution in [0.1, 0.15) is 65.3 Å². The first-order chi connectivity index (χ1) is 24.9. The van der Waals surface area contributed by atoms with Crippen molar-refractivity contribution in [1.29, 1.82) is 0 Å². The molecule has 0 aliphatic carbocycles. The highest BCUT2D eigenvalue weighted by molar-refractivity contribution is 5.98. The molecule has 2 N–H and O–H groups in total. The molecule has 0 saturated carbocycles. The fraction of sp³-hybridized carbons (Fsp3) is 0.333. The van der Waals surface area contributed by atoms with Crippen molar-refractivity contribution in [3.63, 3.8) is 0 Å². The number of hydrogen-bond donors (Lipinski definition) is 2. The number of aromatic nitrogens is 4. The van der Waals surface area contributed by atoms with Crippen molar-refractivity contribution in [2.75, 3.05) is 54.5 Å². The first-order valence-corrected chi connectivity index (χ1v) is 17.3. The van der Waals surface area contributed by atoms with Gasteiger partial charge in [-0.2, -0.15) is 0 Å². The number of allylic oxidation sites excluding steroid dienone is 6. The Bertz CT molecular complexity index is 2250. The van der Waals surface area contributed by atoms with Crippen molar-refractivity contribution in [1.82, 2.24) is 29.7 Å². The van der Waals surface area contributed by atoms with Gasteiger partial charge in [0.05, 0.1) is 22.8 Å². The summed E-state index contributed by atoms with van der Waals surface area (Å²) in [5.74, 6) is 4.45. The lowest BCUT2D eigenvalue weighted by atomic mass is 10.0. The van der Waals surface area contributed by atoms with Gasteiger partial charge in [0.2, 0.25) is 0 Å². The predicted molar refractivity (Wildman–Crippen MR) is 211 cm³/mol. The van der Waals surface area contributed by atoms with Crippen molar-refractivity contribution in [3.05, 3.63) is 100 Å². The van der Waals surface area contributed by atoms with Gasteiger partial charge in [0.25, 0.3) is 0 Å². The SMILES string of the molecule is C=CC1=C(C)c2cc3[nH]c(cc4nc(cc5[nH]c(cc1n2)c(C)c5CC(=C=O)OCCN(C)C)C(CC(=C=O)OCCN(C)C)=C4C)c(C)c3C=C. The second-order valence-corrected chi connectivity index (χ2v) is 13.6. The van der Waals surface area contributed by atoms with Crippen LogP contribution in [0.15, 0.2) is 55.0 Å². The second kappa shape index (κ2) is 16.2. The van der Waals surface area contributed by atoms with Gasteiger partial charge in [0.15, 0.2) is 23.4 Å². The van der Waals surface area contributed by atoms with Crippen LogP contribution in [0.3, 0.4) is 0 Å². The number of likely N-dealkylation sites (N-methyl/N-ethyl adjacent to an activating group) is 2. The molecule has 0 radical (unpaired) electrons. The number of nitrogens with zero attached hydrogens (tertiary/aromatic N) is 4. The van der Waals surface area contributed by atoms with Crippen LogP contribution < -0.4 is 0 Å². The summed E-state index contributed by atoms with van der Waals surface area (Å²) in [6.07, 6.45) is 4.10. The molecule has 3 aromatic rings. The van der Waals surface area contributed by atoms with Gasteiger partial charge in [-0.05, 0) is 114 Å². The second-order valence-electron chi connectivity index (χ2n) is 13.6. The van der Waals surface area contributed by atoms with E-state index in [1.54, 1.807) is 0 Å². The van der Waals surface area contributed by atoms with Crippen molar-refractivity contribution < 1.29 is 19.1 Å². The molecule has 0 saturated heterocycles. The molecule has 2 aliphatic heterocycles. The highest BCUT2D eigenvalue weighted by Gasteiger charge is 2.22. The van der Waals surface area contributed by atoms with Crippen LogP contribution in [-0.2, 0) is 25.5 Å². The van der Waals surface area contributed by atoms with E-state index in [9.17, 15) is 9.59 Å². The molecule has 0 aromatic carbocycles. The molecule has 3 aromatic heterocycles. The van der Waals surface area contributed by atoms with Gasteiger partial charge in [-0.3, -0.25) is 0 Å². The largest absolute Gasteiger partial charge is 0.485 e. The van der Waals surface area contributed by atoms with Crippen LogP contribution in [0.5, 0.6) is 0 Å². The Hall–Kier alpha value is -5.50. The maximum absolute atomic E-state index is 12.2. The van der Waals surface area contributed by atoms with E-state index in [-0.39, 0.29) is 24.4 Å². The minimum absolute atomic E-state index is 0.203. The molecule has 52 heavy (non-hydrogen) atoms. The van der Waals surface area contributed by atoms with Crippen molar-refractivity contribution in [2.24, 2.45) is 0 Å². The smallest absolute Gasteiger partial charge is 0.184 e. The number of aromatic amines is 2. The molecule has 2 aliphatic rings. The monoisotopic (exact) mass is 700 g/mol. The molecule has 0 fully saturated rings. The van der Waals surface area contributed by atoms with Gasteiger partial charge in [-0.15, -0.1) is 0 Å². The Morgan fingerprint density at radius 1 is 0.692 bits per heavy atom. The fourth-order valence-electron chi connectivity index (χ4n) is 6.38. The molecule has 0 atom stereocenters. The van der Waals surface area contributed by atoms with E-state index in [0.717, 1.165) is 83.7 Å². The van der Waals surface area contributed by atoms with Gasteiger partial charge in [-0.1, -0.05) is 25.3 Å². The summed E-state index contributed by atoms with van der Waals surface area (Å²) in [6, 6.07) is 8.04. The van der Waals surface area contributed by atoms with Crippen molar-refractivity contribution in [3.8, 4) is 0 Å². The number of H-pyrrole nitrogens is 2. The molecule has 10 nitrogen and oxygen atoms in total. The topological polar surface area (TPSA) is 116 Å². The maximum atomic E-state index is 12.2. The number of hydrogen-bond acceptors (Lipinski definition) is 8. The molecule has 5 heterocycles. The Morgan fingerprint density at radius 2 is 1.21 bits per heavy atom. The van der Waals surface area contributed by atoms with Gasteiger partial charge in [0.1, 0.15) is 13.2 Å². The fourth-order valence-corrected chi connectivity index (χ4v) is 6.38. The van der Waals surface area contributed by atoms with E-state index in [1.165, 1.54) is 0 Å². The molecule has 5 rings (SSSR count). The van der Waals surface area contributed by atoms with E-state index < -0.39 is 0 Å². The van der Waals surface area contributed by atoms with E-state index in [0.29, 0.717) is 32.0 Å².